The normalized spacial score (nSPS) is 19.7. The van der Waals surface area contributed by atoms with Crippen LogP contribution in [0.2, 0.25) is 0 Å². The molecule has 2 aliphatic rings. The summed E-state index contributed by atoms with van der Waals surface area (Å²) in [6.45, 7) is 4.26. The summed E-state index contributed by atoms with van der Waals surface area (Å²) in [7, 11) is 2.10. The predicted molar refractivity (Wildman–Crippen MR) is 115 cm³/mol. The number of nitrogens with zero attached hydrogens (tertiary/aromatic N) is 3. The van der Waals surface area contributed by atoms with E-state index < -0.39 is 17.6 Å². The second kappa shape index (κ2) is 9.01. The van der Waals surface area contributed by atoms with Crippen LogP contribution in [-0.4, -0.2) is 56.5 Å². The van der Waals surface area contributed by atoms with E-state index in [1.54, 1.807) is 0 Å². The highest BCUT2D eigenvalue weighted by atomic mass is 19.1. The monoisotopic (exact) mass is 428 g/mol. The maximum Gasteiger partial charge on any atom is 0.227 e. The van der Waals surface area contributed by atoms with Crippen molar-refractivity contribution in [3.05, 3.63) is 59.7 Å². The number of halogens is 2. The number of carbonyl (C=O) groups is 2. The lowest BCUT2D eigenvalue weighted by molar-refractivity contribution is -0.126. The Morgan fingerprint density at radius 3 is 2.55 bits per heavy atom. The van der Waals surface area contributed by atoms with Crippen LogP contribution in [0.4, 0.5) is 20.2 Å². The molecule has 31 heavy (non-hydrogen) atoms. The van der Waals surface area contributed by atoms with E-state index in [2.05, 4.69) is 28.2 Å². The molecule has 2 fully saturated rings. The topological polar surface area (TPSA) is 55.9 Å². The van der Waals surface area contributed by atoms with E-state index in [0.717, 1.165) is 49.6 Å². The van der Waals surface area contributed by atoms with Gasteiger partial charge in [0.25, 0.3) is 0 Å². The summed E-state index contributed by atoms with van der Waals surface area (Å²) < 4.78 is 27.2. The van der Waals surface area contributed by atoms with Gasteiger partial charge in [0.05, 0.1) is 11.6 Å². The van der Waals surface area contributed by atoms with Gasteiger partial charge >= 0.3 is 0 Å². The van der Waals surface area contributed by atoms with Gasteiger partial charge in [-0.3, -0.25) is 9.59 Å². The van der Waals surface area contributed by atoms with E-state index in [-0.39, 0.29) is 30.5 Å². The predicted octanol–water partition coefficient (Wildman–Crippen LogP) is 2.39. The molecule has 1 unspecified atom stereocenters. The van der Waals surface area contributed by atoms with E-state index >= 15 is 0 Å². The lowest BCUT2D eigenvalue weighted by atomic mass is 10.1. The number of anilines is 2. The van der Waals surface area contributed by atoms with Crippen LogP contribution in [0, 0.1) is 17.6 Å². The number of likely N-dealkylation sites (N-methyl/N-ethyl adjacent to an activating group) is 1. The first kappa shape index (κ1) is 21.2. The molecule has 0 spiro atoms. The molecule has 2 aromatic rings. The van der Waals surface area contributed by atoms with Crippen molar-refractivity contribution in [3.8, 4) is 0 Å². The Kier molecular flexibility index (Phi) is 6.18. The number of hydrogen-bond donors (Lipinski definition) is 1. The minimum absolute atomic E-state index is 0.00196. The fourth-order valence-electron chi connectivity index (χ4n) is 4.16. The van der Waals surface area contributed by atoms with E-state index in [1.165, 1.54) is 11.0 Å². The summed E-state index contributed by atoms with van der Waals surface area (Å²) in [6.07, 6.45) is 0.00273. The number of rotatable bonds is 5. The Balaban J connectivity index is 1.39. The molecule has 2 saturated heterocycles. The standard InChI is InChI=1S/C23H26F2N4O2/c1-27-8-10-28(11-9-27)20-5-3-2-4-16(20)14-26-23(31)17-12-22(30)29(15-17)21-7-6-18(24)13-19(21)25/h2-7,13,17H,8-12,14-15H2,1H3,(H,26,31). The molecule has 0 saturated carbocycles. The molecule has 1 atom stereocenters. The number of nitrogens with one attached hydrogen (secondary N) is 1. The molecule has 0 radical (unpaired) electrons. The molecule has 0 aliphatic carbocycles. The summed E-state index contributed by atoms with van der Waals surface area (Å²) in [5.41, 5.74) is 2.13. The summed E-state index contributed by atoms with van der Waals surface area (Å²) in [5, 5.41) is 2.94. The Morgan fingerprint density at radius 2 is 1.81 bits per heavy atom. The summed E-state index contributed by atoms with van der Waals surface area (Å²) in [4.78, 5) is 30.9. The number of carbonyl (C=O) groups excluding carboxylic acids is 2. The van der Waals surface area contributed by atoms with Gasteiger partial charge in [-0.15, -0.1) is 0 Å². The van der Waals surface area contributed by atoms with Crippen LogP contribution in [0.3, 0.4) is 0 Å². The van der Waals surface area contributed by atoms with Crippen molar-refractivity contribution in [2.24, 2.45) is 5.92 Å². The van der Waals surface area contributed by atoms with Crippen LogP contribution in [0.1, 0.15) is 12.0 Å². The van der Waals surface area contributed by atoms with Crippen LogP contribution < -0.4 is 15.1 Å². The molecule has 4 rings (SSSR count). The van der Waals surface area contributed by atoms with Crippen molar-refractivity contribution in [1.29, 1.82) is 0 Å². The molecule has 6 nitrogen and oxygen atoms in total. The largest absolute Gasteiger partial charge is 0.369 e. The lowest BCUT2D eigenvalue weighted by Crippen LogP contribution is -2.45. The van der Waals surface area contributed by atoms with Crippen molar-refractivity contribution in [1.82, 2.24) is 10.2 Å². The Morgan fingerprint density at radius 1 is 1.06 bits per heavy atom. The van der Waals surface area contributed by atoms with Crippen LogP contribution in [-0.2, 0) is 16.1 Å². The van der Waals surface area contributed by atoms with Gasteiger partial charge in [-0.1, -0.05) is 18.2 Å². The third-order valence-corrected chi connectivity index (χ3v) is 5.98. The molecule has 0 aromatic heterocycles. The fraction of sp³-hybridized carbons (Fsp3) is 0.391. The zero-order valence-corrected chi connectivity index (χ0v) is 17.5. The van der Waals surface area contributed by atoms with Crippen molar-refractivity contribution in [2.45, 2.75) is 13.0 Å². The Labute approximate surface area is 180 Å². The first-order valence-electron chi connectivity index (χ1n) is 10.5. The maximum absolute atomic E-state index is 14.1. The third kappa shape index (κ3) is 4.69. The number of para-hydroxylation sites is 1. The second-order valence-electron chi connectivity index (χ2n) is 8.14. The first-order valence-corrected chi connectivity index (χ1v) is 10.5. The van der Waals surface area contributed by atoms with Gasteiger partial charge in [0.2, 0.25) is 11.8 Å². The van der Waals surface area contributed by atoms with Crippen molar-refractivity contribution in [2.75, 3.05) is 49.6 Å². The van der Waals surface area contributed by atoms with Gasteiger partial charge in [-0.05, 0) is 30.8 Å². The zero-order chi connectivity index (χ0) is 22.0. The van der Waals surface area contributed by atoms with Crippen LogP contribution in [0.25, 0.3) is 0 Å². The van der Waals surface area contributed by atoms with Gasteiger partial charge in [0.15, 0.2) is 0 Å². The molecule has 1 N–H and O–H groups in total. The zero-order valence-electron chi connectivity index (χ0n) is 17.5. The Bertz CT molecular complexity index is 976. The third-order valence-electron chi connectivity index (χ3n) is 5.98. The molecule has 164 valence electrons. The highest BCUT2D eigenvalue weighted by Gasteiger charge is 2.36. The smallest absolute Gasteiger partial charge is 0.227 e. The van der Waals surface area contributed by atoms with Crippen molar-refractivity contribution < 1.29 is 18.4 Å². The van der Waals surface area contributed by atoms with Gasteiger partial charge < -0.3 is 20.0 Å². The lowest BCUT2D eigenvalue weighted by Gasteiger charge is -2.35. The maximum atomic E-state index is 14.1. The summed E-state index contributed by atoms with van der Waals surface area (Å²) in [6, 6.07) is 11.1. The van der Waals surface area contributed by atoms with Gasteiger partial charge in [-0.25, -0.2) is 8.78 Å². The number of piperazine rings is 1. The molecule has 8 heteroatoms. The molecule has 2 amide bonds. The highest BCUT2D eigenvalue weighted by molar-refractivity contribution is 6.00. The van der Waals surface area contributed by atoms with Gasteiger partial charge in [0.1, 0.15) is 11.6 Å². The number of benzene rings is 2. The summed E-state index contributed by atoms with van der Waals surface area (Å²) >= 11 is 0. The van der Waals surface area contributed by atoms with Crippen molar-refractivity contribution in [3.63, 3.8) is 0 Å². The van der Waals surface area contributed by atoms with Crippen LogP contribution in [0.5, 0.6) is 0 Å². The molecule has 2 heterocycles. The number of hydrogen-bond acceptors (Lipinski definition) is 4. The fourth-order valence-corrected chi connectivity index (χ4v) is 4.16. The average Bonchev–Trinajstić information content (AvgIpc) is 3.14. The minimum atomic E-state index is -0.810. The van der Waals surface area contributed by atoms with Gasteiger partial charge in [-0.2, -0.15) is 0 Å². The molecule has 0 bridgehead atoms. The van der Waals surface area contributed by atoms with Crippen LogP contribution >= 0.6 is 0 Å². The van der Waals surface area contributed by atoms with E-state index in [9.17, 15) is 18.4 Å². The number of amides is 2. The molecule has 2 aromatic carbocycles. The first-order chi connectivity index (χ1) is 14.9. The SMILES string of the molecule is CN1CCN(c2ccccc2CNC(=O)C2CC(=O)N(c3ccc(F)cc3F)C2)CC1. The van der Waals surface area contributed by atoms with Gasteiger partial charge in [0, 0.05) is 57.4 Å². The molecular formula is C23H26F2N4O2. The van der Waals surface area contributed by atoms with Crippen molar-refractivity contribution >= 4 is 23.2 Å². The molecule has 2 aliphatic heterocycles. The van der Waals surface area contributed by atoms with E-state index in [4.69, 9.17) is 0 Å². The molecular weight excluding hydrogens is 402 g/mol. The second-order valence-corrected chi connectivity index (χ2v) is 8.14. The van der Waals surface area contributed by atoms with E-state index in [1.807, 2.05) is 18.2 Å². The summed E-state index contributed by atoms with van der Waals surface area (Å²) in [5.74, 6) is -2.68. The average molecular weight is 428 g/mol. The van der Waals surface area contributed by atoms with E-state index in [0.29, 0.717) is 6.54 Å². The quantitative estimate of drug-likeness (QED) is 0.795. The highest BCUT2D eigenvalue weighted by Crippen LogP contribution is 2.28. The Hall–Kier alpha value is -3.00. The van der Waals surface area contributed by atoms with Crippen LogP contribution in [0.15, 0.2) is 42.5 Å². The minimum Gasteiger partial charge on any atom is -0.369 e.